The highest BCUT2D eigenvalue weighted by molar-refractivity contribution is 5.74. The molecule has 1 atom stereocenters. The first-order valence-corrected chi connectivity index (χ1v) is 8.32. The molecule has 0 bridgehead atoms. The van der Waals surface area contributed by atoms with Crippen molar-refractivity contribution in [3.8, 4) is 0 Å². The van der Waals surface area contributed by atoms with E-state index in [-0.39, 0.29) is 0 Å². The van der Waals surface area contributed by atoms with Crippen molar-refractivity contribution in [2.75, 3.05) is 6.54 Å². The molecule has 1 aliphatic carbocycles. The van der Waals surface area contributed by atoms with Crippen LogP contribution in [0.3, 0.4) is 0 Å². The van der Waals surface area contributed by atoms with Crippen LogP contribution in [0.15, 0.2) is 30.6 Å². The van der Waals surface area contributed by atoms with Crippen molar-refractivity contribution in [2.24, 2.45) is 5.92 Å². The van der Waals surface area contributed by atoms with Gasteiger partial charge in [-0.1, -0.05) is 38.7 Å². The van der Waals surface area contributed by atoms with Crippen LogP contribution >= 0.6 is 0 Å². The van der Waals surface area contributed by atoms with E-state index in [0.717, 1.165) is 23.5 Å². The fourth-order valence-corrected chi connectivity index (χ4v) is 3.59. The maximum atomic E-state index is 4.46. The molecule has 0 aliphatic heterocycles. The second-order valence-corrected chi connectivity index (χ2v) is 6.09. The summed E-state index contributed by atoms with van der Waals surface area (Å²) in [5.41, 5.74) is 3.36. The molecule has 1 N–H and O–H groups in total. The Labute approximate surface area is 127 Å². The van der Waals surface area contributed by atoms with Crippen molar-refractivity contribution in [1.82, 2.24) is 15.3 Å². The molecule has 2 aromatic rings. The van der Waals surface area contributed by atoms with Crippen LogP contribution in [0, 0.1) is 5.92 Å². The molecule has 1 unspecified atom stereocenters. The number of hydrogen-bond acceptors (Lipinski definition) is 3. The first-order valence-electron chi connectivity index (χ1n) is 8.32. The van der Waals surface area contributed by atoms with Gasteiger partial charge in [0.2, 0.25) is 0 Å². The number of fused-ring (bicyclic) bond motifs is 1. The lowest BCUT2D eigenvalue weighted by Gasteiger charge is -2.27. The van der Waals surface area contributed by atoms with Gasteiger partial charge in [0.15, 0.2) is 0 Å². The summed E-state index contributed by atoms with van der Waals surface area (Å²) < 4.78 is 0. The fourth-order valence-electron chi connectivity index (χ4n) is 3.59. The summed E-state index contributed by atoms with van der Waals surface area (Å²) in [6, 6.07) is 7.02. The molecule has 1 fully saturated rings. The molecule has 3 rings (SSSR count). The summed E-state index contributed by atoms with van der Waals surface area (Å²) >= 11 is 0. The third-order valence-corrected chi connectivity index (χ3v) is 4.65. The van der Waals surface area contributed by atoms with E-state index in [1.807, 2.05) is 0 Å². The molecule has 1 heterocycles. The second-order valence-electron chi connectivity index (χ2n) is 6.09. The first kappa shape index (κ1) is 14.5. The Bertz CT molecular complexity index is 573. The molecular weight excluding hydrogens is 258 g/mol. The Morgan fingerprint density at radius 2 is 1.76 bits per heavy atom. The van der Waals surface area contributed by atoms with E-state index < -0.39 is 0 Å². The molecule has 1 aromatic heterocycles. The maximum absolute atomic E-state index is 4.46. The Kier molecular flexibility index (Phi) is 4.81. The zero-order chi connectivity index (χ0) is 14.5. The standard InChI is InChI=1S/C18H25N3/c1-2-19-18(14-7-5-3-4-6-8-14)15-9-10-16-17(13-15)21-12-11-20-16/h9-14,18-19H,2-8H2,1H3. The zero-order valence-corrected chi connectivity index (χ0v) is 12.9. The van der Waals surface area contributed by atoms with Gasteiger partial charge in [0.05, 0.1) is 11.0 Å². The predicted octanol–water partition coefficient (Wildman–Crippen LogP) is 4.25. The molecule has 21 heavy (non-hydrogen) atoms. The van der Waals surface area contributed by atoms with E-state index >= 15 is 0 Å². The lowest BCUT2D eigenvalue weighted by atomic mass is 9.87. The molecule has 0 radical (unpaired) electrons. The molecule has 3 nitrogen and oxygen atoms in total. The lowest BCUT2D eigenvalue weighted by molar-refractivity contribution is 0.330. The van der Waals surface area contributed by atoms with Crippen LogP contribution in [-0.4, -0.2) is 16.5 Å². The summed E-state index contributed by atoms with van der Waals surface area (Å²) in [6.07, 6.45) is 11.8. The highest BCUT2D eigenvalue weighted by Crippen LogP contribution is 2.34. The summed E-state index contributed by atoms with van der Waals surface area (Å²) in [4.78, 5) is 8.83. The fraction of sp³-hybridized carbons (Fsp3) is 0.556. The third-order valence-electron chi connectivity index (χ3n) is 4.65. The Morgan fingerprint density at radius 3 is 2.48 bits per heavy atom. The van der Waals surface area contributed by atoms with E-state index in [0.29, 0.717) is 6.04 Å². The average molecular weight is 283 g/mol. The van der Waals surface area contributed by atoms with Gasteiger partial charge in [-0.15, -0.1) is 0 Å². The summed E-state index contributed by atoms with van der Waals surface area (Å²) in [5, 5.41) is 3.71. The predicted molar refractivity (Wildman–Crippen MR) is 87.1 cm³/mol. The number of benzene rings is 1. The Hall–Kier alpha value is -1.48. The summed E-state index contributed by atoms with van der Waals surface area (Å²) in [7, 11) is 0. The van der Waals surface area contributed by atoms with Gasteiger partial charge in [-0.05, 0) is 43.0 Å². The van der Waals surface area contributed by atoms with E-state index in [1.54, 1.807) is 12.4 Å². The van der Waals surface area contributed by atoms with Crippen molar-refractivity contribution < 1.29 is 0 Å². The molecule has 1 aromatic carbocycles. The van der Waals surface area contributed by atoms with Crippen LogP contribution in [0.5, 0.6) is 0 Å². The molecule has 0 spiro atoms. The zero-order valence-electron chi connectivity index (χ0n) is 12.9. The minimum atomic E-state index is 0.458. The van der Waals surface area contributed by atoms with Gasteiger partial charge in [-0.25, -0.2) is 0 Å². The summed E-state index contributed by atoms with van der Waals surface area (Å²) in [6.45, 7) is 3.21. The molecule has 1 aliphatic rings. The van der Waals surface area contributed by atoms with Gasteiger partial charge in [-0.2, -0.15) is 0 Å². The molecule has 0 amide bonds. The highest BCUT2D eigenvalue weighted by Gasteiger charge is 2.23. The van der Waals surface area contributed by atoms with Crippen LogP contribution in [0.2, 0.25) is 0 Å². The Morgan fingerprint density at radius 1 is 1.05 bits per heavy atom. The van der Waals surface area contributed by atoms with Gasteiger partial charge in [0, 0.05) is 18.4 Å². The van der Waals surface area contributed by atoms with Crippen LogP contribution in [-0.2, 0) is 0 Å². The number of aromatic nitrogens is 2. The minimum Gasteiger partial charge on any atom is -0.310 e. The van der Waals surface area contributed by atoms with E-state index in [1.165, 1.54) is 44.1 Å². The molecule has 112 valence electrons. The van der Waals surface area contributed by atoms with Crippen LogP contribution in [0.4, 0.5) is 0 Å². The molecule has 0 saturated heterocycles. The van der Waals surface area contributed by atoms with Crippen molar-refractivity contribution in [2.45, 2.75) is 51.5 Å². The van der Waals surface area contributed by atoms with Gasteiger partial charge in [0.1, 0.15) is 0 Å². The number of rotatable bonds is 4. The van der Waals surface area contributed by atoms with Gasteiger partial charge in [0.25, 0.3) is 0 Å². The van der Waals surface area contributed by atoms with E-state index in [9.17, 15) is 0 Å². The minimum absolute atomic E-state index is 0.458. The monoisotopic (exact) mass is 283 g/mol. The SMILES string of the molecule is CCNC(c1ccc2nccnc2c1)C1CCCCCC1. The van der Waals surface area contributed by atoms with Gasteiger partial charge < -0.3 is 5.32 Å². The average Bonchev–Trinajstić information content (AvgIpc) is 2.81. The first-order chi connectivity index (χ1) is 10.4. The molecular formula is C18H25N3. The Balaban J connectivity index is 1.90. The largest absolute Gasteiger partial charge is 0.310 e. The second kappa shape index (κ2) is 6.99. The number of nitrogens with zero attached hydrogens (tertiary/aromatic N) is 2. The summed E-state index contributed by atoms with van der Waals surface area (Å²) in [5.74, 6) is 0.751. The van der Waals surface area contributed by atoms with Crippen molar-refractivity contribution in [3.05, 3.63) is 36.2 Å². The normalized spacial score (nSPS) is 18.5. The van der Waals surface area contributed by atoms with Crippen molar-refractivity contribution in [1.29, 1.82) is 0 Å². The lowest BCUT2D eigenvalue weighted by Crippen LogP contribution is -2.28. The maximum Gasteiger partial charge on any atom is 0.0890 e. The van der Waals surface area contributed by atoms with Crippen molar-refractivity contribution in [3.63, 3.8) is 0 Å². The van der Waals surface area contributed by atoms with Crippen LogP contribution in [0.1, 0.15) is 57.1 Å². The van der Waals surface area contributed by atoms with E-state index in [2.05, 4.69) is 40.4 Å². The van der Waals surface area contributed by atoms with Crippen LogP contribution < -0.4 is 5.32 Å². The third kappa shape index (κ3) is 3.41. The molecule has 3 heteroatoms. The number of nitrogens with one attached hydrogen (secondary N) is 1. The van der Waals surface area contributed by atoms with Crippen molar-refractivity contribution >= 4 is 11.0 Å². The quantitative estimate of drug-likeness (QED) is 0.852. The smallest absolute Gasteiger partial charge is 0.0890 e. The van der Waals surface area contributed by atoms with Gasteiger partial charge in [-0.3, -0.25) is 9.97 Å². The molecule has 1 saturated carbocycles. The van der Waals surface area contributed by atoms with Gasteiger partial charge >= 0.3 is 0 Å². The number of hydrogen-bond donors (Lipinski definition) is 1. The van der Waals surface area contributed by atoms with E-state index in [4.69, 9.17) is 0 Å². The van der Waals surface area contributed by atoms with Crippen LogP contribution in [0.25, 0.3) is 11.0 Å². The highest BCUT2D eigenvalue weighted by atomic mass is 14.9. The topological polar surface area (TPSA) is 37.8 Å².